The highest BCUT2D eigenvalue weighted by Gasteiger charge is 2.36. The Balaban J connectivity index is 1.52. The second-order valence-electron chi connectivity index (χ2n) is 6.35. The molecule has 2 atom stereocenters. The molecule has 5 rings (SSSR count). The van der Waals surface area contributed by atoms with E-state index in [1.807, 2.05) is 12.1 Å². The van der Waals surface area contributed by atoms with E-state index in [1.54, 1.807) is 0 Å². The van der Waals surface area contributed by atoms with Crippen LogP contribution in [0.4, 0.5) is 0 Å². The number of piperidine rings is 3. The molecule has 0 amide bonds. The van der Waals surface area contributed by atoms with Crippen molar-refractivity contribution < 1.29 is 5.11 Å². The van der Waals surface area contributed by atoms with Gasteiger partial charge in [-0.15, -0.1) is 0 Å². The molecule has 3 nitrogen and oxygen atoms in total. The second-order valence-corrected chi connectivity index (χ2v) is 6.35. The third-order valence-corrected chi connectivity index (χ3v) is 5.32. The van der Waals surface area contributed by atoms with Crippen LogP contribution in [0.15, 0.2) is 18.2 Å². The van der Waals surface area contributed by atoms with Gasteiger partial charge >= 0.3 is 0 Å². The van der Waals surface area contributed by atoms with Gasteiger partial charge in [0, 0.05) is 18.6 Å². The predicted molar refractivity (Wildman–Crippen MR) is 75.3 cm³/mol. The van der Waals surface area contributed by atoms with Crippen molar-refractivity contribution in [3.8, 4) is 5.75 Å². The second kappa shape index (κ2) is 4.50. The zero-order valence-electron chi connectivity index (χ0n) is 11.3. The van der Waals surface area contributed by atoms with Crippen LogP contribution in [0.25, 0.3) is 0 Å². The average molecular weight is 258 g/mol. The topological polar surface area (TPSA) is 35.5 Å². The van der Waals surface area contributed by atoms with Gasteiger partial charge in [0.15, 0.2) is 0 Å². The van der Waals surface area contributed by atoms with Gasteiger partial charge in [-0.25, -0.2) is 0 Å². The van der Waals surface area contributed by atoms with Crippen LogP contribution in [0.1, 0.15) is 36.4 Å². The van der Waals surface area contributed by atoms with Crippen molar-refractivity contribution in [2.24, 2.45) is 5.92 Å². The minimum atomic E-state index is 0.452. The lowest BCUT2D eigenvalue weighted by Crippen LogP contribution is -2.56. The molecule has 1 aliphatic carbocycles. The van der Waals surface area contributed by atoms with Gasteiger partial charge in [0.05, 0.1) is 0 Å². The van der Waals surface area contributed by atoms with Gasteiger partial charge in [0.25, 0.3) is 0 Å². The number of hydrogen-bond donors (Lipinski definition) is 2. The van der Waals surface area contributed by atoms with Crippen molar-refractivity contribution in [3.05, 3.63) is 29.3 Å². The quantitative estimate of drug-likeness (QED) is 0.852. The third kappa shape index (κ3) is 1.96. The number of phenolic OH excluding ortho intramolecular Hbond substituents is 1. The molecular weight excluding hydrogens is 236 g/mol. The summed E-state index contributed by atoms with van der Waals surface area (Å²) in [5.41, 5.74) is 2.50. The fraction of sp³-hybridized carbons (Fsp3) is 0.625. The summed E-state index contributed by atoms with van der Waals surface area (Å²) in [5, 5.41) is 13.8. The molecule has 4 aliphatic rings. The Labute approximate surface area is 114 Å². The van der Waals surface area contributed by atoms with Crippen LogP contribution in [0, 0.1) is 5.92 Å². The van der Waals surface area contributed by atoms with Gasteiger partial charge in [0.2, 0.25) is 0 Å². The first kappa shape index (κ1) is 11.7. The lowest BCUT2D eigenvalue weighted by molar-refractivity contribution is 0.0670. The van der Waals surface area contributed by atoms with Crippen LogP contribution in [0.3, 0.4) is 0 Å². The molecule has 3 aliphatic heterocycles. The Bertz CT molecular complexity index is 480. The molecule has 102 valence electrons. The molecule has 3 fully saturated rings. The Morgan fingerprint density at radius 3 is 2.74 bits per heavy atom. The van der Waals surface area contributed by atoms with E-state index >= 15 is 0 Å². The maximum Gasteiger partial charge on any atom is 0.119 e. The SMILES string of the molecule is Oc1cccc2c1CCC2NC1CN2CCC1CC2. The molecule has 3 heterocycles. The van der Waals surface area contributed by atoms with E-state index in [-0.39, 0.29) is 0 Å². The third-order valence-electron chi connectivity index (χ3n) is 5.32. The molecule has 0 radical (unpaired) electrons. The van der Waals surface area contributed by atoms with Crippen LogP contribution in [-0.4, -0.2) is 35.7 Å². The molecule has 2 unspecified atom stereocenters. The number of fused-ring (bicyclic) bond motifs is 4. The Morgan fingerprint density at radius 2 is 2.00 bits per heavy atom. The van der Waals surface area contributed by atoms with E-state index in [2.05, 4.69) is 16.3 Å². The van der Waals surface area contributed by atoms with Crippen molar-refractivity contribution >= 4 is 0 Å². The smallest absolute Gasteiger partial charge is 0.119 e. The number of hydrogen-bond acceptors (Lipinski definition) is 3. The minimum absolute atomic E-state index is 0.452. The zero-order valence-corrected chi connectivity index (χ0v) is 11.3. The molecule has 3 saturated heterocycles. The molecule has 0 aromatic heterocycles. The normalized spacial score (nSPS) is 36.4. The maximum atomic E-state index is 9.92. The highest BCUT2D eigenvalue weighted by Crippen LogP contribution is 2.38. The Kier molecular flexibility index (Phi) is 2.78. The summed E-state index contributed by atoms with van der Waals surface area (Å²) in [6.45, 7) is 3.81. The zero-order chi connectivity index (χ0) is 12.8. The predicted octanol–water partition coefficient (Wildman–Crippen LogP) is 2.06. The summed E-state index contributed by atoms with van der Waals surface area (Å²) >= 11 is 0. The largest absolute Gasteiger partial charge is 0.508 e. The van der Waals surface area contributed by atoms with E-state index < -0.39 is 0 Å². The van der Waals surface area contributed by atoms with Crippen LogP contribution in [-0.2, 0) is 6.42 Å². The summed E-state index contributed by atoms with van der Waals surface area (Å²) in [4.78, 5) is 2.59. The molecule has 1 aromatic rings. The molecule has 3 heteroatoms. The molecule has 2 N–H and O–H groups in total. The minimum Gasteiger partial charge on any atom is -0.508 e. The fourth-order valence-electron chi connectivity index (χ4n) is 4.22. The van der Waals surface area contributed by atoms with Crippen LogP contribution >= 0.6 is 0 Å². The summed E-state index contributed by atoms with van der Waals surface area (Å²) in [7, 11) is 0. The van der Waals surface area contributed by atoms with Gasteiger partial charge in [-0.1, -0.05) is 12.1 Å². The van der Waals surface area contributed by atoms with Gasteiger partial charge in [-0.2, -0.15) is 0 Å². The fourth-order valence-corrected chi connectivity index (χ4v) is 4.22. The van der Waals surface area contributed by atoms with Crippen molar-refractivity contribution in [3.63, 3.8) is 0 Å². The average Bonchev–Trinajstić information content (AvgIpc) is 2.85. The standard InChI is InChI=1S/C16H22N2O/c19-16-3-1-2-12-13(16)4-5-14(12)17-15-10-18-8-6-11(15)7-9-18/h1-3,11,14-15,17,19H,4-10H2. The first-order chi connectivity index (χ1) is 9.31. The van der Waals surface area contributed by atoms with E-state index in [1.165, 1.54) is 43.6 Å². The highest BCUT2D eigenvalue weighted by atomic mass is 16.3. The van der Waals surface area contributed by atoms with Crippen molar-refractivity contribution in [1.82, 2.24) is 10.2 Å². The first-order valence-electron chi connectivity index (χ1n) is 7.60. The van der Waals surface area contributed by atoms with Gasteiger partial charge in [-0.3, -0.25) is 0 Å². The van der Waals surface area contributed by atoms with Crippen molar-refractivity contribution in [2.75, 3.05) is 19.6 Å². The van der Waals surface area contributed by atoms with E-state index in [0.29, 0.717) is 17.8 Å². The van der Waals surface area contributed by atoms with E-state index in [0.717, 1.165) is 18.8 Å². The number of phenols is 1. The summed E-state index contributed by atoms with van der Waals surface area (Å²) in [5.74, 6) is 1.35. The number of nitrogens with zero attached hydrogens (tertiary/aromatic N) is 1. The summed E-state index contributed by atoms with van der Waals surface area (Å²) in [6, 6.07) is 7.08. The molecule has 0 saturated carbocycles. The van der Waals surface area contributed by atoms with Crippen LogP contribution < -0.4 is 5.32 Å². The Morgan fingerprint density at radius 1 is 1.16 bits per heavy atom. The number of benzene rings is 1. The molecule has 1 aromatic carbocycles. The van der Waals surface area contributed by atoms with Crippen LogP contribution in [0.5, 0.6) is 5.75 Å². The maximum absolute atomic E-state index is 9.92. The molecule has 19 heavy (non-hydrogen) atoms. The number of aromatic hydroxyl groups is 1. The number of rotatable bonds is 2. The van der Waals surface area contributed by atoms with Gasteiger partial charge < -0.3 is 15.3 Å². The lowest BCUT2D eigenvalue weighted by atomic mass is 9.83. The Hall–Kier alpha value is -1.06. The number of nitrogens with one attached hydrogen (secondary N) is 1. The van der Waals surface area contributed by atoms with Crippen LogP contribution in [0.2, 0.25) is 0 Å². The van der Waals surface area contributed by atoms with E-state index in [9.17, 15) is 5.11 Å². The molecule has 0 spiro atoms. The highest BCUT2D eigenvalue weighted by molar-refractivity contribution is 5.44. The molecule has 2 bridgehead atoms. The van der Waals surface area contributed by atoms with Crippen molar-refractivity contribution in [2.45, 2.75) is 37.8 Å². The molecular formula is C16H22N2O. The summed E-state index contributed by atoms with van der Waals surface area (Å²) in [6.07, 6.45) is 4.87. The first-order valence-corrected chi connectivity index (χ1v) is 7.60. The van der Waals surface area contributed by atoms with Gasteiger partial charge in [-0.05, 0) is 61.9 Å². The summed E-state index contributed by atoms with van der Waals surface area (Å²) < 4.78 is 0. The van der Waals surface area contributed by atoms with E-state index in [4.69, 9.17) is 0 Å². The van der Waals surface area contributed by atoms with Crippen molar-refractivity contribution in [1.29, 1.82) is 0 Å². The lowest BCUT2D eigenvalue weighted by Gasteiger charge is -2.46. The monoisotopic (exact) mass is 258 g/mol. The van der Waals surface area contributed by atoms with Gasteiger partial charge in [0.1, 0.15) is 5.75 Å².